The quantitative estimate of drug-likeness (QED) is 0.162. The summed E-state index contributed by atoms with van der Waals surface area (Å²) in [5, 5.41) is 12.8. The van der Waals surface area contributed by atoms with Crippen molar-refractivity contribution in [2.24, 2.45) is 5.92 Å². The molecule has 0 bridgehead atoms. The van der Waals surface area contributed by atoms with Crippen LogP contribution in [0.5, 0.6) is 0 Å². The second-order valence-electron chi connectivity index (χ2n) is 17.5. The summed E-state index contributed by atoms with van der Waals surface area (Å²) >= 11 is 0. The molecule has 3 aliphatic carbocycles. The minimum absolute atomic E-state index is 0.101. The van der Waals surface area contributed by atoms with Gasteiger partial charge in [-0.05, 0) is 141 Å². The van der Waals surface area contributed by atoms with Crippen molar-refractivity contribution in [1.29, 1.82) is 0 Å². The van der Waals surface area contributed by atoms with Gasteiger partial charge in [0.05, 0.1) is 0 Å². The van der Waals surface area contributed by atoms with E-state index in [0.717, 1.165) is 18.6 Å². The van der Waals surface area contributed by atoms with Crippen LogP contribution in [0.15, 0.2) is 199 Å². The lowest BCUT2D eigenvalue weighted by Crippen LogP contribution is -2.34. The fraction of sp³-hybridized carbons (Fsp3) is 0.100. The first kappa shape index (κ1) is 34.6. The molecule has 9 aromatic rings. The van der Waals surface area contributed by atoms with Gasteiger partial charge in [0, 0.05) is 17.8 Å². The van der Waals surface area contributed by atoms with Crippen LogP contribution < -0.4 is 10.4 Å². The van der Waals surface area contributed by atoms with E-state index in [1.54, 1.807) is 0 Å². The van der Waals surface area contributed by atoms with E-state index in [2.05, 4.69) is 206 Å². The van der Waals surface area contributed by atoms with Crippen LogP contribution in [0.2, 0.25) is 0 Å². The molecule has 1 heterocycles. The van der Waals surface area contributed by atoms with E-state index in [1.807, 2.05) is 0 Å². The first-order valence-electron chi connectivity index (χ1n) is 21.8. The average molecular weight is 779 g/mol. The zero-order valence-electron chi connectivity index (χ0n) is 33.8. The SMILES string of the molecule is C1=C[C@@H](c2ccc3c(c2)C=C[C@H](c2ccc4cc(-c5c6ccccc6c(-c6ccc7ccccc7c6)c6ccccc56)ccc4c2)C3)CC2=C1OC1C=c3ccccc3=CC21. The zero-order chi connectivity index (χ0) is 40.0. The maximum absolute atomic E-state index is 6.46. The van der Waals surface area contributed by atoms with Crippen molar-refractivity contribution in [2.75, 3.05) is 0 Å². The second-order valence-corrected chi connectivity index (χ2v) is 17.5. The van der Waals surface area contributed by atoms with Crippen LogP contribution >= 0.6 is 0 Å². The molecule has 0 amide bonds. The number of benzene rings is 9. The summed E-state index contributed by atoms with van der Waals surface area (Å²) in [6.45, 7) is 0. The standard InChI is InChI=1S/C60H42O/c1-2-10-38-32-49(25-17-37(38)9-1)59-51-13-5-7-15-53(51)60(54-16-8-6-14-52(54)59)50-26-24-45-30-43(21-23-47(45)33-50)41-18-19-44-31-46(22-20-42(44)29-41)48-27-28-57-55(35-48)56-34-39-11-3-4-12-40(39)36-58(56)61-57/h1-28,30-34,36,41,48,56,58H,29,35H2/t41-,48+,56?,58?/m0/s1. The van der Waals surface area contributed by atoms with Crippen molar-refractivity contribution in [1.82, 2.24) is 0 Å². The molecule has 0 radical (unpaired) electrons. The van der Waals surface area contributed by atoms with E-state index in [0.29, 0.717) is 17.8 Å². The van der Waals surface area contributed by atoms with Gasteiger partial charge < -0.3 is 4.74 Å². The van der Waals surface area contributed by atoms with E-state index in [1.165, 1.54) is 104 Å². The van der Waals surface area contributed by atoms with Crippen LogP contribution in [0.25, 0.3) is 83.6 Å². The van der Waals surface area contributed by atoms with Crippen LogP contribution in [0.4, 0.5) is 0 Å². The Morgan fingerprint density at radius 1 is 0.426 bits per heavy atom. The summed E-state index contributed by atoms with van der Waals surface area (Å²) in [6.07, 6.45) is 16.2. The van der Waals surface area contributed by atoms with Gasteiger partial charge in [0.25, 0.3) is 0 Å². The van der Waals surface area contributed by atoms with Crippen molar-refractivity contribution in [2.45, 2.75) is 30.8 Å². The first-order chi connectivity index (χ1) is 30.2. The molecule has 288 valence electrons. The third kappa shape index (κ3) is 5.68. The molecule has 0 aromatic heterocycles. The molecular formula is C60H42O. The monoisotopic (exact) mass is 778 g/mol. The van der Waals surface area contributed by atoms with Gasteiger partial charge in [-0.2, -0.15) is 0 Å². The van der Waals surface area contributed by atoms with Gasteiger partial charge in [0.2, 0.25) is 0 Å². The smallest absolute Gasteiger partial charge is 0.128 e. The highest BCUT2D eigenvalue weighted by atomic mass is 16.5. The first-order valence-corrected chi connectivity index (χ1v) is 21.8. The molecule has 0 saturated carbocycles. The molecule has 2 unspecified atom stereocenters. The van der Waals surface area contributed by atoms with E-state index in [9.17, 15) is 0 Å². The molecule has 0 fully saturated rings. The normalized spacial score (nSPS) is 19.9. The number of ether oxygens (including phenoxy) is 1. The van der Waals surface area contributed by atoms with Crippen molar-refractivity contribution >= 4 is 61.3 Å². The second kappa shape index (κ2) is 13.7. The van der Waals surface area contributed by atoms with Crippen LogP contribution in [-0.4, -0.2) is 6.10 Å². The summed E-state index contributed by atoms with van der Waals surface area (Å²) in [5.41, 5.74) is 12.1. The van der Waals surface area contributed by atoms with Crippen LogP contribution in [0, 0.1) is 5.92 Å². The minimum Gasteiger partial charge on any atom is -0.485 e. The molecular weight excluding hydrogens is 737 g/mol. The molecule has 1 aliphatic heterocycles. The van der Waals surface area contributed by atoms with Gasteiger partial charge in [0.1, 0.15) is 11.9 Å². The summed E-state index contributed by atoms with van der Waals surface area (Å²) in [4.78, 5) is 0. The summed E-state index contributed by atoms with van der Waals surface area (Å²) in [7, 11) is 0. The lowest BCUT2D eigenvalue weighted by molar-refractivity contribution is 0.190. The number of hydrogen-bond donors (Lipinski definition) is 0. The molecule has 9 aromatic carbocycles. The lowest BCUT2D eigenvalue weighted by Gasteiger charge is -2.24. The third-order valence-corrected chi connectivity index (χ3v) is 14.1. The molecule has 0 saturated heterocycles. The summed E-state index contributed by atoms with van der Waals surface area (Å²) < 4.78 is 6.46. The molecule has 1 heteroatoms. The van der Waals surface area contributed by atoms with Crippen LogP contribution in [0.3, 0.4) is 0 Å². The molecule has 4 atom stereocenters. The Morgan fingerprint density at radius 2 is 0.967 bits per heavy atom. The number of hydrogen-bond acceptors (Lipinski definition) is 1. The van der Waals surface area contributed by atoms with E-state index in [4.69, 9.17) is 4.74 Å². The number of allylic oxidation sites excluding steroid dienone is 3. The van der Waals surface area contributed by atoms with Crippen LogP contribution in [-0.2, 0) is 11.2 Å². The van der Waals surface area contributed by atoms with Crippen molar-refractivity contribution in [3.05, 3.63) is 232 Å². The van der Waals surface area contributed by atoms with Crippen molar-refractivity contribution < 1.29 is 4.74 Å². The molecule has 13 rings (SSSR count). The zero-order valence-corrected chi connectivity index (χ0v) is 33.8. The Labute approximate surface area is 355 Å². The Hall–Kier alpha value is -7.22. The predicted octanol–water partition coefficient (Wildman–Crippen LogP) is 13.6. The average Bonchev–Trinajstić information content (AvgIpc) is 3.68. The van der Waals surface area contributed by atoms with E-state index < -0.39 is 0 Å². The maximum atomic E-state index is 6.46. The van der Waals surface area contributed by atoms with Crippen LogP contribution in [0.1, 0.15) is 40.5 Å². The number of rotatable bonds is 4. The largest absolute Gasteiger partial charge is 0.485 e. The van der Waals surface area contributed by atoms with Gasteiger partial charge in [-0.3, -0.25) is 0 Å². The van der Waals surface area contributed by atoms with Gasteiger partial charge >= 0.3 is 0 Å². The van der Waals surface area contributed by atoms with Crippen molar-refractivity contribution in [3.8, 4) is 22.3 Å². The molecule has 61 heavy (non-hydrogen) atoms. The maximum Gasteiger partial charge on any atom is 0.128 e. The Bertz CT molecular complexity index is 3490. The van der Waals surface area contributed by atoms with E-state index >= 15 is 0 Å². The summed E-state index contributed by atoms with van der Waals surface area (Å²) in [5.74, 6) is 2.09. The third-order valence-electron chi connectivity index (χ3n) is 14.1. The highest BCUT2D eigenvalue weighted by molar-refractivity contribution is 6.22. The fourth-order valence-electron chi connectivity index (χ4n) is 11.0. The summed E-state index contributed by atoms with van der Waals surface area (Å²) in [6, 6.07) is 63.5. The number of fused-ring (bicyclic) bond motifs is 8. The Balaban J connectivity index is 0.791. The predicted molar refractivity (Wildman–Crippen MR) is 256 cm³/mol. The topological polar surface area (TPSA) is 9.23 Å². The van der Waals surface area contributed by atoms with Gasteiger partial charge in [-0.1, -0.05) is 182 Å². The van der Waals surface area contributed by atoms with Gasteiger partial charge in [-0.15, -0.1) is 0 Å². The Kier molecular flexibility index (Phi) is 7.75. The van der Waals surface area contributed by atoms with Crippen molar-refractivity contribution in [3.63, 3.8) is 0 Å². The molecule has 0 spiro atoms. The molecule has 0 N–H and O–H groups in total. The Morgan fingerprint density at radius 3 is 1.70 bits per heavy atom. The minimum atomic E-state index is 0.101. The highest BCUT2D eigenvalue weighted by Crippen LogP contribution is 2.46. The lowest BCUT2D eigenvalue weighted by atomic mass is 9.78. The van der Waals surface area contributed by atoms with Gasteiger partial charge in [0.15, 0.2) is 0 Å². The van der Waals surface area contributed by atoms with Gasteiger partial charge in [-0.25, -0.2) is 0 Å². The fourth-order valence-corrected chi connectivity index (χ4v) is 11.0. The molecule has 1 nitrogen and oxygen atoms in total. The highest BCUT2D eigenvalue weighted by Gasteiger charge is 2.37. The molecule has 4 aliphatic rings. The van der Waals surface area contributed by atoms with E-state index in [-0.39, 0.29) is 6.10 Å².